The van der Waals surface area contributed by atoms with Crippen LogP contribution in [0.5, 0.6) is 11.5 Å². The van der Waals surface area contributed by atoms with E-state index < -0.39 is 5.97 Å². The first-order chi connectivity index (χ1) is 10.7. The number of esters is 1. The van der Waals surface area contributed by atoms with Crippen LogP contribution in [0, 0.1) is 0 Å². The van der Waals surface area contributed by atoms with Crippen LogP contribution in [0.1, 0.15) is 12.5 Å². The molecule has 2 rings (SSSR count). The van der Waals surface area contributed by atoms with Gasteiger partial charge in [-0.15, -0.1) is 11.6 Å². The lowest BCUT2D eigenvalue weighted by Gasteiger charge is -2.08. The molecule has 0 saturated heterocycles. The lowest BCUT2D eigenvalue weighted by atomic mass is 10.2. The van der Waals surface area contributed by atoms with Gasteiger partial charge >= 0.3 is 5.97 Å². The van der Waals surface area contributed by atoms with E-state index in [1.54, 1.807) is 13.0 Å². The van der Waals surface area contributed by atoms with E-state index in [9.17, 15) is 4.79 Å². The Balaban J connectivity index is 2.00. The molecular weight excluding hydrogens is 300 g/mol. The fraction of sp³-hybridized carbons (Fsp3) is 0.167. The second kappa shape index (κ2) is 8.25. The van der Waals surface area contributed by atoms with Gasteiger partial charge in [0.05, 0.1) is 0 Å². The molecule has 0 bridgehead atoms. The number of hydrogen-bond donors (Lipinski definition) is 0. The summed E-state index contributed by atoms with van der Waals surface area (Å²) in [4.78, 5) is 11.1. The number of para-hydroxylation sites is 1. The molecule has 0 spiro atoms. The zero-order valence-electron chi connectivity index (χ0n) is 12.2. The molecule has 0 saturated carbocycles. The largest absolute Gasteiger partial charge is 0.458 e. The Hall–Kier alpha value is -2.26. The number of alkyl halides is 1. The molecule has 0 amide bonds. The third-order valence-corrected chi connectivity index (χ3v) is 3.04. The van der Waals surface area contributed by atoms with Crippen molar-refractivity contribution in [2.75, 3.05) is 5.88 Å². The van der Waals surface area contributed by atoms with Crippen molar-refractivity contribution in [3.8, 4) is 11.5 Å². The van der Waals surface area contributed by atoms with Crippen molar-refractivity contribution in [2.45, 2.75) is 13.0 Å². The van der Waals surface area contributed by atoms with Crippen LogP contribution in [0.2, 0.25) is 0 Å². The molecule has 114 valence electrons. The molecule has 1 atom stereocenters. The summed E-state index contributed by atoms with van der Waals surface area (Å²) in [6.45, 7) is 1.78. The van der Waals surface area contributed by atoms with Crippen molar-refractivity contribution in [1.29, 1.82) is 0 Å². The first kappa shape index (κ1) is 16.1. The van der Waals surface area contributed by atoms with Crippen molar-refractivity contribution in [1.82, 2.24) is 0 Å². The van der Waals surface area contributed by atoms with Gasteiger partial charge in [-0.05, 0) is 42.8 Å². The second-order valence-corrected chi connectivity index (χ2v) is 4.94. The molecule has 4 heteroatoms. The topological polar surface area (TPSA) is 35.5 Å². The van der Waals surface area contributed by atoms with Gasteiger partial charge in [0, 0.05) is 0 Å². The summed E-state index contributed by atoms with van der Waals surface area (Å²) in [6, 6.07) is 17.2. The van der Waals surface area contributed by atoms with Crippen molar-refractivity contribution in [2.24, 2.45) is 0 Å². The van der Waals surface area contributed by atoms with E-state index in [0.717, 1.165) is 17.1 Å². The maximum Gasteiger partial charge on any atom is 0.321 e. The van der Waals surface area contributed by atoms with Gasteiger partial charge in [-0.25, -0.2) is 0 Å². The summed E-state index contributed by atoms with van der Waals surface area (Å²) in [5.74, 6) is 0.963. The maximum atomic E-state index is 11.1. The molecule has 0 radical (unpaired) electrons. The van der Waals surface area contributed by atoms with Gasteiger partial charge in [0.15, 0.2) is 0 Å². The highest BCUT2D eigenvalue weighted by atomic mass is 35.5. The number of halogens is 1. The highest BCUT2D eigenvalue weighted by molar-refractivity contribution is 6.26. The molecule has 2 aromatic carbocycles. The van der Waals surface area contributed by atoms with Gasteiger partial charge in [0.1, 0.15) is 23.5 Å². The predicted octanol–water partition coefficient (Wildman–Crippen LogP) is 4.66. The normalized spacial score (nSPS) is 12.1. The van der Waals surface area contributed by atoms with Gasteiger partial charge < -0.3 is 9.47 Å². The first-order valence-corrected chi connectivity index (χ1v) is 7.47. The molecule has 0 N–H and O–H groups in total. The Morgan fingerprint density at radius 2 is 1.86 bits per heavy atom. The quantitative estimate of drug-likeness (QED) is 0.574. The molecule has 0 aliphatic heterocycles. The van der Waals surface area contributed by atoms with Gasteiger partial charge in [0.2, 0.25) is 0 Å². The number of benzene rings is 2. The van der Waals surface area contributed by atoms with Gasteiger partial charge in [0.25, 0.3) is 0 Å². The lowest BCUT2D eigenvalue weighted by Crippen LogP contribution is -2.13. The summed E-state index contributed by atoms with van der Waals surface area (Å²) in [5, 5.41) is 0. The summed E-state index contributed by atoms with van der Waals surface area (Å²) < 4.78 is 10.8. The van der Waals surface area contributed by atoms with E-state index in [0.29, 0.717) is 0 Å². The summed E-state index contributed by atoms with van der Waals surface area (Å²) in [7, 11) is 0. The van der Waals surface area contributed by atoms with Crippen LogP contribution >= 0.6 is 11.6 Å². The van der Waals surface area contributed by atoms with Gasteiger partial charge in [-0.2, -0.15) is 0 Å². The maximum absolute atomic E-state index is 11.1. The third kappa shape index (κ3) is 5.26. The molecule has 0 aliphatic carbocycles. The smallest absolute Gasteiger partial charge is 0.321 e. The minimum Gasteiger partial charge on any atom is -0.458 e. The summed E-state index contributed by atoms with van der Waals surface area (Å²) in [5.41, 5.74) is 0.960. The fourth-order valence-electron chi connectivity index (χ4n) is 1.83. The molecule has 0 heterocycles. The molecule has 0 aliphatic rings. The van der Waals surface area contributed by atoms with Crippen LogP contribution in [0.4, 0.5) is 0 Å². The second-order valence-electron chi connectivity index (χ2n) is 4.68. The van der Waals surface area contributed by atoms with Gasteiger partial charge in [-0.3, -0.25) is 4.79 Å². The molecule has 3 nitrogen and oxygen atoms in total. The van der Waals surface area contributed by atoms with Crippen LogP contribution in [0.3, 0.4) is 0 Å². The molecule has 1 unspecified atom stereocenters. The van der Waals surface area contributed by atoms with E-state index in [4.69, 9.17) is 21.1 Å². The zero-order chi connectivity index (χ0) is 15.8. The van der Waals surface area contributed by atoms with Crippen LogP contribution < -0.4 is 4.74 Å². The Morgan fingerprint density at radius 3 is 2.59 bits per heavy atom. The Bertz CT molecular complexity index is 638. The van der Waals surface area contributed by atoms with Crippen LogP contribution in [0.15, 0.2) is 60.7 Å². The van der Waals surface area contributed by atoms with Crippen LogP contribution in [0.25, 0.3) is 6.08 Å². The van der Waals surface area contributed by atoms with E-state index in [-0.39, 0.29) is 12.0 Å². The highest BCUT2D eigenvalue weighted by Crippen LogP contribution is 2.22. The molecule has 22 heavy (non-hydrogen) atoms. The third-order valence-electron chi connectivity index (χ3n) is 2.82. The first-order valence-electron chi connectivity index (χ1n) is 6.94. The summed E-state index contributed by atoms with van der Waals surface area (Å²) in [6.07, 6.45) is 3.35. The SMILES string of the molecule is CC(/C=C/c1cccc(Oc2ccccc2)c1)OC(=O)CCl. The minimum atomic E-state index is -0.431. The molecular formula is C18H17ClO3. The Kier molecular flexibility index (Phi) is 6.04. The number of carbonyl (C=O) groups excluding carboxylic acids is 1. The average Bonchev–Trinajstić information content (AvgIpc) is 2.54. The van der Waals surface area contributed by atoms with Crippen molar-refractivity contribution in [3.63, 3.8) is 0 Å². The molecule has 0 aromatic heterocycles. The number of ether oxygens (including phenoxy) is 2. The van der Waals surface area contributed by atoms with E-state index in [1.165, 1.54) is 0 Å². The molecule has 2 aromatic rings. The Morgan fingerprint density at radius 1 is 1.14 bits per heavy atom. The van der Waals surface area contributed by atoms with E-state index in [1.807, 2.05) is 60.7 Å². The van der Waals surface area contributed by atoms with Crippen molar-refractivity contribution < 1.29 is 14.3 Å². The number of carbonyl (C=O) groups is 1. The summed E-state index contributed by atoms with van der Waals surface area (Å²) >= 11 is 5.40. The van der Waals surface area contributed by atoms with Crippen LogP contribution in [-0.4, -0.2) is 18.0 Å². The monoisotopic (exact) mass is 316 g/mol. The Labute approximate surface area is 135 Å². The zero-order valence-corrected chi connectivity index (χ0v) is 13.0. The van der Waals surface area contributed by atoms with E-state index in [2.05, 4.69) is 0 Å². The van der Waals surface area contributed by atoms with Gasteiger partial charge in [-0.1, -0.05) is 36.4 Å². The highest BCUT2D eigenvalue weighted by Gasteiger charge is 2.04. The molecule has 0 fully saturated rings. The number of hydrogen-bond acceptors (Lipinski definition) is 3. The average molecular weight is 317 g/mol. The standard InChI is InChI=1S/C18H17ClO3/c1-14(21-18(20)13-19)10-11-15-6-5-9-17(12-15)22-16-7-3-2-4-8-16/h2-12,14H,13H2,1H3/b11-10+. The van der Waals surface area contributed by atoms with Crippen LogP contribution in [-0.2, 0) is 9.53 Å². The predicted molar refractivity (Wildman–Crippen MR) is 88.3 cm³/mol. The van der Waals surface area contributed by atoms with E-state index >= 15 is 0 Å². The number of rotatable bonds is 6. The minimum absolute atomic E-state index is 0.140. The lowest BCUT2D eigenvalue weighted by molar-refractivity contribution is -0.142. The van der Waals surface area contributed by atoms with Crippen molar-refractivity contribution in [3.05, 3.63) is 66.2 Å². The van der Waals surface area contributed by atoms with Crippen molar-refractivity contribution >= 4 is 23.6 Å². The fourth-order valence-corrected chi connectivity index (χ4v) is 1.89.